The van der Waals surface area contributed by atoms with Gasteiger partial charge in [0.1, 0.15) is 6.61 Å². The highest BCUT2D eigenvalue weighted by Gasteiger charge is 2.35. The van der Waals surface area contributed by atoms with Gasteiger partial charge in [-0.3, -0.25) is 9.59 Å². The fourth-order valence-electron chi connectivity index (χ4n) is 3.63. The van der Waals surface area contributed by atoms with Gasteiger partial charge in [0.15, 0.2) is 6.10 Å². The van der Waals surface area contributed by atoms with Crippen LogP contribution in [0, 0.1) is 23.2 Å². The number of carbonyl (C=O) groups excluding carboxylic acids is 2. The lowest BCUT2D eigenvalue weighted by Crippen LogP contribution is -2.37. The Morgan fingerprint density at radius 1 is 0.964 bits per heavy atom. The smallest absolute Gasteiger partial charge is 0.306 e. The van der Waals surface area contributed by atoms with E-state index in [9.17, 15) is 9.59 Å². The largest absolute Gasteiger partial charge is 0.462 e. The molecular weight excluding hydrogens is 356 g/mol. The highest BCUT2D eigenvalue weighted by Crippen LogP contribution is 2.42. The van der Waals surface area contributed by atoms with E-state index in [0.717, 1.165) is 19.3 Å². The summed E-state index contributed by atoms with van der Waals surface area (Å²) in [6.07, 6.45) is 4.76. The zero-order chi connectivity index (χ0) is 21.3. The molecule has 0 aromatic carbocycles. The van der Waals surface area contributed by atoms with Crippen LogP contribution in [-0.4, -0.2) is 37.4 Å². The van der Waals surface area contributed by atoms with Gasteiger partial charge in [-0.25, -0.2) is 0 Å². The lowest BCUT2D eigenvalue weighted by atomic mass is 9.67. The molecule has 0 aliphatic heterocycles. The van der Waals surface area contributed by atoms with Gasteiger partial charge in [0.25, 0.3) is 0 Å². The second kappa shape index (κ2) is 11.8. The topological polar surface area (TPSA) is 61.8 Å². The summed E-state index contributed by atoms with van der Waals surface area (Å²) in [5, 5.41) is 0. The van der Waals surface area contributed by atoms with Gasteiger partial charge in [-0.15, -0.1) is 0 Å². The first kappa shape index (κ1) is 24.9. The van der Waals surface area contributed by atoms with Crippen molar-refractivity contribution in [2.75, 3.05) is 13.2 Å². The van der Waals surface area contributed by atoms with Gasteiger partial charge in [0, 0.05) is 12.8 Å². The fraction of sp³-hybridized carbons (Fsp3) is 0.913. The minimum absolute atomic E-state index is 0.0591. The van der Waals surface area contributed by atoms with E-state index < -0.39 is 6.10 Å². The number of esters is 2. The summed E-state index contributed by atoms with van der Waals surface area (Å²) in [6.45, 7) is 15.1. The third kappa shape index (κ3) is 9.40. The zero-order valence-electron chi connectivity index (χ0n) is 19.1. The lowest BCUT2D eigenvalue weighted by Gasteiger charge is -2.41. The van der Waals surface area contributed by atoms with Crippen molar-refractivity contribution in [3.8, 4) is 0 Å². The lowest BCUT2D eigenvalue weighted by molar-refractivity contribution is -0.166. The molecule has 0 bridgehead atoms. The van der Waals surface area contributed by atoms with Crippen molar-refractivity contribution in [3.63, 3.8) is 0 Å². The summed E-state index contributed by atoms with van der Waals surface area (Å²) >= 11 is 0. The molecule has 0 amide bonds. The highest BCUT2D eigenvalue weighted by molar-refractivity contribution is 5.70. The third-order valence-corrected chi connectivity index (χ3v) is 5.76. The normalized spacial score (nSPS) is 23.9. The van der Waals surface area contributed by atoms with E-state index in [2.05, 4.69) is 20.8 Å². The quantitative estimate of drug-likeness (QED) is 0.450. The van der Waals surface area contributed by atoms with Gasteiger partial charge in [-0.1, -0.05) is 54.9 Å². The SMILES string of the molecule is CC(C)CC(=O)OCC(COC1CCCC(C)(C(C)C)C1)OC(=O)CC(C)C. The van der Waals surface area contributed by atoms with Crippen LogP contribution in [0.2, 0.25) is 0 Å². The van der Waals surface area contributed by atoms with Gasteiger partial charge in [-0.2, -0.15) is 0 Å². The maximum atomic E-state index is 12.1. The molecule has 1 fully saturated rings. The molecule has 0 saturated heterocycles. The van der Waals surface area contributed by atoms with Crippen LogP contribution in [0.25, 0.3) is 0 Å². The van der Waals surface area contributed by atoms with Crippen molar-refractivity contribution in [1.82, 2.24) is 0 Å². The van der Waals surface area contributed by atoms with Crippen LogP contribution in [0.4, 0.5) is 0 Å². The molecule has 1 aliphatic carbocycles. The molecule has 0 aromatic rings. The van der Waals surface area contributed by atoms with Crippen LogP contribution in [0.1, 0.15) is 87.0 Å². The molecule has 3 atom stereocenters. The average molecular weight is 399 g/mol. The minimum Gasteiger partial charge on any atom is -0.462 e. The van der Waals surface area contributed by atoms with E-state index in [-0.39, 0.29) is 48.5 Å². The Morgan fingerprint density at radius 3 is 2.14 bits per heavy atom. The van der Waals surface area contributed by atoms with E-state index in [1.165, 1.54) is 6.42 Å². The Morgan fingerprint density at radius 2 is 1.57 bits per heavy atom. The van der Waals surface area contributed by atoms with E-state index in [0.29, 0.717) is 18.8 Å². The van der Waals surface area contributed by atoms with Crippen LogP contribution in [0.3, 0.4) is 0 Å². The van der Waals surface area contributed by atoms with Crippen molar-refractivity contribution >= 4 is 11.9 Å². The first-order valence-electron chi connectivity index (χ1n) is 11.0. The number of carbonyl (C=O) groups is 2. The maximum absolute atomic E-state index is 12.1. The van der Waals surface area contributed by atoms with Gasteiger partial charge < -0.3 is 14.2 Å². The second-order valence-corrected chi connectivity index (χ2v) is 9.85. The summed E-state index contributed by atoms with van der Waals surface area (Å²) in [5.74, 6) is 0.545. The molecule has 1 rings (SSSR count). The molecular formula is C23H42O5. The first-order chi connectivity index (χ1) is 13.0. The Hall–Kier alpha value is -1.10. The molecule has 5 heteroatoms. The fourth-order valence-corrected chi connectivity index (χ4v) is 3.63. The van der Waals surface area contributed by atoms with Crippen molar-refractivity contribution in [2.45, 2.75) is 99.2 Å². The second-order valence-electron chi connectivity index (χ2n) is 9.85. The van der Waals surface area contributed by atoms with E-state index in [4.69, 9.17) is 14.2 Å². The third-order valence-electron chi connectivity index (χ3n) is 5.76. The molecule has 1 aliphatic rings. The Bertz CT molecular complexity index is 485. The summed E-state index contributed by atoms with van der Waals surface area (Å²) < 4.78 is 17.1. The maximum Gasteiger partial charge on any atom is 0.306 e. The zero-order valence-corrected chi connectivity index (χ0v) is 19.1. The average Bonchev–Trinajstić information content (AvgIpc) is 2.56. The molecule has 0 heterocycles. The van der Waals surface area contributed by atoms with Crippen LogP contribution in [0.5, 0.6) is 0 Å². The number of rotatable bonds is 11. The van der Waals surface area contributed by atoms with Crippen molar-refractivity contribution in [1.29, 1.82) is 0 Å². The van der Waals surface area contributed by atoms with Gasteiger partial charge in [-0.05, 0) is 42.4 Å². The van der Waals surface area contributed by atoms with Crippen LogP contribution < -0.4 is 0 Å². The van der Waals surface area contributed by atoms with E-state index >= 15 is 0 Å². The molecule has 1 saturated carbocycles. The number of hydrogen-bond acceptors (Lipinski definition) is 5. The predicted molar refractivity (Wildman–Crippen MR) is 111 cm³/mol. The standard InChI is InChI=1S/C23H42O5/c1-16(2)11-21(24)27-15-20(28-22(25)12-17(3)4)14-26-19-9-8-10-23(7,13-19)18(5)6/h16-20H,8-15H2,1-7H3. The molecule has 164 valence electrons. The van der Waals surface area contributed by atoms with Crippen LogP contribution >= 0.6 is 0 Å². The predicted octanol–water partition coefficient (Wildman–Crippen LogP) is 5.16. The molecule has 0 aromatic heterocycles. The summed E-state index contributed by atoms with van der Waals surface area (Å²) in [6, 6.07) is 0. The van der Waals surface area contributed by atoms with Crippen LogP contribution in [-0.2, 0) is 23.8 Å². The van der Waals surface area contributed by atoms with E-state index in [1.54, 1.807) is 0 Å². The Kier molecular flexibility index (Phi) is 10.5. The molecule has 5 nitrogen and oxygen atoms in total. The molecule has 0 N–H and O–H groups in total. The van der Waals surface area contributed by atoms with E-state index in [1.807, 2.05) is 27.7 Å². The van der Waals surface area contributed by atoms with Gasteiger partial charge >= 0.3 is 11.9 Å². The minimum atomic E-state index is -0.547. The highest BCUT2D eigenvalue weighted by atomic mass is 16.6. The van der Waals surface area contributed by atoms with Crippen molar-refractivity contribution in [3.05, 3.63) is 0 Å². The summed E-state index contributed by atoms with van der Waals surface area (Å²) in [4.78, 5) is 24.0. The van der Waals surface area contributed by atoms with Crippen molar-refractivity contribution in [2.24, 2.45) is 23.2 Å². The van der Waals surface area contributed by atoms with Gasteiger partial charge in [0.05, 0.1) is 12.7 Å². The molecule has 28 heavy (non-hydrogen) atoms. The van der Waals surface area contributed by atoms with Crippen molar-refractivity contribution < 1.29 is 23.8 Å². The molecule has 3 unspecified atom stereocenters. The Labute approximate surface area is 171 Å². The first-order valence-corrected chi connectivity index (χ1v) is 11.0. The molecule has 0 spiro atoms. The Balaban J connectivity index is 2.60. The van der Waals surface area contributed by atoms with Crippen LogP contribution in [0.15, 0.2) is 0 Å². The van der Waals surface area contributed by atoms with Gasteiger partial charge in [0.2, 0.25) is 0 Å². The summed E-state index contributed by atoms with van der Waals surface area (Å²) in [5.41, 5.74) is 0.288. The molecule has 0 radical (unpaired) electrons. The number of ether oxygens (including phenoxy) is 3. The number of hydrogen-bond donors (Lipinski definition) is 0. The summed E-state index contributed by atoms with van der Waals surface area (Å²) in [7, 11) is 0. The monoisotopic (exact) mass is 398 g/mol.